The van der Waals surface area contributed by atoms with E-state index in [-0.39, 0.29) is 12.3 Å². The first-order chi connectivity index (χ1) is 16.3. The number of hydrogen-bond donors (Lipinski definition) is 2. The first kappa shape index (κ1) is 22.9. The molecular formula is C27H26N4O3. The molecule has 2 N–H and O–H groups in total. The van der Waals surface area contributed by atoms with Crippen LogP contribution >= 0.6 is 0 Å². The number of benzene rings is 3. The fraction of sp³-hybridized carbons (Fsp3) is 0.185. The predicted octanol–water partition coefficient (Wildman–Crippen LogP) is 4.47. The van der Waals surface area contributed by atoms with E-state index in [9.17, 15) is 14.7 Å². The molecule has 0 aliphatic rings. The molecule has 1 amide bonds. The molecule has 4 rings (SSSR count). The summed E-state index contributed by atoms with van der Waals surface area (Å²) in [5, 5.41) is 14.3. The van der Waals surface area contributed by atoms with Crippen molar-refractivity contribution < 1.29 is 14.7 Å². The number of carboxylic acids is 1. The Morgan fingerprint density at radius 1 is 0.941 bits per heavy atom. The normalized spacial score (nSPS) is 10.8. The Morgan fingerprint density at radius 2 is 1.65 bits per heavy atom. The summed E-state index contributed by atoms with van der Waals surface area (Å²) in [5.41, 5.74) is 3.57. The fourth-order valence-corrected chi connectivity index (χ4v) is 3.87. The zero-order valence-corrected chi connectivity index (χ0v) is 19.4. The van der Waals surface area contributed by atoms with Gasteiger partial charge in [-0.15, -0.1) is 0 Å². The standard InChI is InChI=1S/C27H26N4O3/c1-17-23(16-25(32)33)26(31(2)3)30-24(28-17)14-18-8-12-22(13-9-18)29-27(34)21-11-10-19-6-4-5-7-20(19)15-21/h4-13,15H,14,16H2,1-3H3,(H,29,34)(H,32,33). The second-order valence-corrected chi connectivity index (χ2v) is 8.38. The number of amides is 1. The highest BCUT2D eigenvalue weighted by Gasteiger charge is 2.16. The summed E-state index contributed by atoms with van der Waals surface area (Å²) in [5.74, 6) is 0.151. The lowest BCUT2D eigenvalue weighted by Gasteiger charge is -2.18. The highest BCUT2D eigenvalue weighted by molar-refractivity contribution is 6.06. The highest BCUT2D eigenvalue weighted by atomic mass is 16.4. The zero-order chi connectivity index (χ0) is 24.2. The quantitative estimate of drug-likeness (QED) is 0.428. The van der Waals surface area contributed by atoms with E-state index in [1.54, 1.807) is 0 Å². The van der Waals surface area contributed by atoms with Gasteiger partial charge in [0.05, 0.1) is 6.42 Å². The zero-order valence-electron chi connectivity index (χ0n) is 19.4. The van der Waals surface area contributed by atoms with Crippen molar-refractivity contribution in [3.63, 3.8) is 0 Å². The van der Waals surface area contributed by atoms with E-state index in [4.69, 9.17) is 0 Å². The van der Waals surface area contributed by atoms with Crippen LogP contribution in [-0.4, -0.2) is 41.0 Å². The van der Waals surface area contributed by atoms with Gasteiger partial charge in [0.15, 0.2) is 0 Å². The number of aryl methyl sites for hydroxylation is 1. The van der Waals surface area contributed by atoms with Crippen LogP contribution in [0.1, 0.15) is 33.0 Å². The molecule has 7 heteroatoms. The van der Waals surface area contributed by atoms with Crippen LogP contribution in [0.15, 0.2) is 66.7 Å². The Morgan fingerprint density at radius 3 is 2.32 bits per heavy atom. The van der Waals surface area contributed by atoms with Crippen LogP contribution in [0.25, 0.3) is 10.8 Å². The maximum Gasteiger partial charge on any atom is 0.308 e. The number of nitrogens with one attached hydrogen (secondary N) is 1. The van der Waals surface area contributed by atoms with E-state index in [0.29, 0.717) is 40.6 Å². The molecule has 3 aromatic carbocycles. The molecule has 1 heterocycles. The molecule has 1 aromatic heterocycles. The number of rotatable bonds is 7. The summed E-state index contributed by atoms with van der Waals surface area (Å²) in [4.78, 5) is 34.9. The van der Waals surface area contributed by atoms with Crippen molar-refractivity contribution in [3.05, 3.63) is 94.9 Å². The van der Waals surface area contributed by atoms with E-state index in [1.807, 2.05) is 92.6 Å². The predicted molar refractivity (Wildman–Crippen MR) is 134 cm³/mol. The summed E-state index contributed by atoms with van der Waals surface area (Å²) in [6, 6.07) is 21.1. The summed E-state index contributed by atoms with van der Waals surface area (Å²) in [7, 11) is 3.67. The van der Waals surface area contributed by atoms with Crippen LogP contribution < -0.4 is 10.2 Å². The monoisotopic (exact) mass is 454 g/mol. The van der Waals surface area contributed by atoms with Gasteiger partial charge in [-0.05, 0) is 47.5 Å². The van der Waals surface area contributed by atoms with E-state index >= 15 is 0 Å². The molecule has 0 spiro atoms. The summed E-state index contributed by atoms with van der Waals surface area (Å²) >= 11 is 0. The number of carbonyl (C=O) groups is 2. The second kappa shape index (κ2) is 9.70. The van der Waals surface area contributed by atoms with Gasteiger partial charge in [-0.1, -0.05) is 42.5 Å². The van der Waals surface area contributed by atoms with Crippen molar-refractivity contribution >= 4 is 34.2 Å². The van der Waals surface area contributed by atoms with Crippen LogP contribution in [0, 0.1) is 6.92 Å². The van der Waals surface area contributed by atoms with Gasteiger partial charge in [0.2, 0.25) is 0 Å². The van der Waals surface area contributed by atoms with Crippen LogP contribution in [0.3, 0.4) is 0 Å². The minimum Gasteiger partial charge on any atom is -0.481 e. The molecule has 172 valence electrons. The van der Waals surface area contributed by atoms with E-state index < -0.39 is 5.97 Å². The number of carbonyl (C=O) groups excluding carboxylic acids is 1. The third-order valence-electron chi connectivity index (χ3n) is 5.58. The van der Waals surface area contributed by atoms with Crippen molar-refractivity contribution in [2.24, 2.45) is 0 Å². The van der Waals surface area contributed by atoms with Crippen molar-refractivity contribution in [3.8, 4) is 0 Å². The largest absolute Gasteiger partial charge is 0.481 e. The Labute approximate surface area is 198 Å². The number of aromatic nitrogens is 2. The molecular weight excluding hydrogens is 428 g/mol. The first-order valence-corrected chi connectivity index (χ1v) is 10.9. The van der Waals surface area contributed by atoms with Crippen molar-refractivity contribution in [1.82, 2.24) is 9.97 Å². The maximum atomic E-state index is 12.7. The third kappa shape index (κ3) is 5.20. The van der Waals surface area contributed by atoms with Crippen molar-refractivity contribution in [2.75, 3.05) is 24.3 Å². The topological polar surface area (TPSA) is 95.4 Å². The Hall–Kier alpha value is -4.26. The number of aliphatic carboxylic acids is 1. The second-order valence-electron chi connectivity index (χ2n) is 8.38. The Kier molecular flexibility index (Phi) is 6.54. The molecule has 7 nitrogen and oxygen atoms in total. The molecule has 0 radical (unpaired) electrons. The first-order valence-electron chi connectivity index (χ1n) is 10.9. The average molecular weight is 455 g/mol. The Bertz CT molecular complexity index is 1360. The summed E-state index contributed by atoms with van der Waals surface area (Å²) in [6.07, 6.45) is 0.374. The van der Waals surface area contributed by atoms with Gasteiger partial charge in [-0.3, -0.25) is 9.59 Å². The molecule has 0 saturated carbocycles. The molecule has 0 aliphatic carbocycles. The Balaban J connectivity index is 1.48. The van der Waals surface area contributed by atoms with Crippen molar-refractivity contribution in [1.29, 1.82) is 0 Å². The molecule has 0 bridgehead atoms. The molecule has 0 aliphatic heterocycles. The van der Waals surface area contributed by atoms with Crippen LogP contribution in [0.5, 0.6) is 0 Å². The third-order valence-corrected chi connectivity index (χ3v) is 5.58. The number of hydrogen-bond acceptors (Lipinski definition) is 5. The number of fused-ring (bicyclic) bond motifs is 1. The van der Waals surface area contributed by atoms with Gasteiger partial charge in [0.25, 0.3) is 5.91 Å². The van der Waals surface area contributed by atoms with Crippen LogP contribution in [0.2, 0.25) is 0 Å². The summed E-state index contributed by atoms with van der Waals surface area (Å²) < 4.78 is 0. The van der Waals surface area contributed by atoms with Crippen LogP contribution in [-0.2, 0) is 17.6 Å². The average Bonchev–Trinajstić information content (AvgIpc) is 2.81. The minimum atomic E-state index is -0.913. The summed E-state index contributed by atoms with van der Waals surface area (Å²) in [6.45, 7) is 1.81. The minimum absolute atomic E-state index is 0.120. The van der Waals surface area contributed by atoms with Crippen LogP contribution in [0.4, 0.5) is 11.5 Å². The fourth-order valence-electron chi connectivity index (χ4n) is 3.87. The molecule has 0 atom stereocenters. The van der Waals surface area contributed by atoms with Gasteiger partial charge in [0.1, 0.15) is 11.6 Å². The molecule has 4 aromatic rings. The molecule has 34 heavy (non-hydrogen) atoms. The lowest BCUT2D eigenvalue weighted by Crippen LogP contribution is -2.18. The van der Waals surface area contributed by atoms with E-state index in [0.717, 1.165) is 16.3 Å². The maximum absolute atomic E-state index is 12.7. The molecule has 0 fully saturated rings. The lowest BCUT2D eigenvalue weighted by atomic mass is 10.1. The molecule has 0 saturated heterocycles. The van der Waals surface area contributed by atoms with Gasteiger partial charge in [0, 0.05) is 43.0 Å². The molecule has 0 unspecified atom stereocenters. The van der Waals surface area contributed by atoms with Gasteiger partial charge >= 0.3 is 5.97 Å². The number of nitrogens with zero attached hydrogens (tertiary/aromatic N) is 3. The number of anilines is 2. The van der Waals surface area contributed by atoms with Gasteiger partial charge in [-0.25, -0.2) is 9.97 Å². The van der Waals surface area contributed by atoms with Crippen molar-refractivity contribution in [2.45, 2.75) is 19.8 Å². The van der Waals surface area contributed by atoms with Gasteiger partial charge in [-0.2, -0.15) is 0 Å². The highest BCUT2D eigenvalue weighted by Crippen LogP contribution is 2.22. The number of carboxylic acid groups (broad SMARTS) is 1. The lowest BCUT2D eigenvalue weighted by molar-refractivity contribution is -0.136. The smallest absolute Gasteiger partial charge is 0.308 e. The SMILES string of the molecule is Cc1nc(Cc2ccc(NC(=O)c3ccc4ccccc4c3)cc2)nc(N(C)C)c1CC(=O)O. The van der Waals surface area contributed by atoms with E-state index in [1.165, 1.54) is 0 Å². The van der Waals surface area contributed by atoms with E-state index in [2.05, 4.69) is 15.3 Å². The van der Waals surface area contributed by atoms with Gasteiger partial charge < -0.3 is 15.3 Å².